The van der Waals surface area contributed by atoms with E-state index in [0.717, 1.165) is 19.3 Å². The molecule has 0 saturated carbocycles. The van der Waals surface area contributed by atoms with Crippen molar-refractivity contribution >= 4 is 0 Å². The summed E-state index contributed by atoms with van der Waals surface area (Å²) in [6, 6.07) is 0. The molecule has 0 radical (unpaired) electrons. The number of hydrogen-bond acceptors (Lipinski definition) is 2. The molecule has 0 saturated heterocycles. The van der Waals surface area contributed by atoms with Gasteiger partial charge in [-0.25, -0.2) is 4.39 Å². The minimum atomic E-state index is -1.05. The monoisotopic (exact) mass is 176 g/mol. The average Bonchev–Trinajstić information content (AvgIpc) is 2.10. The summed E-state index contributed by atoms with van der Waals surface area (Å²) >= 11 is 0. The second-order valence-electron chi connectivity index (χ2n) is 2.67. The second-order valence-corrected chi connectivity index (χ2v) is 2.67. The van der Waals surface area contributed by atoms with Gasteiger partial charge in [-0.05, 0) is 19.3 Å². The van der Waals surface area contributed by atoms with Gasteiger partial charge in [-0.1, -0.05) is 13.0 Å². The van der Waals surface area contributed by atoms with Gasteiger partial charge in [-0.3, -0.25) is 0 Å². The Morgan fingerprint density at radius 1 is 1.42 bits per heavy atom. The largest absolute Gasteiger partial charge is 0.502 e. The fraction of sp³-hybridized carbons (Fsp3) is 0.778. The Kier molecular flexibility index (Phi) is 8.12. The molecule has 0 bridgehead atoms. The Bertz CT molecular complexity index is 107. The third-order valence-corrected chi connectivity index (χ3v) is 1.60. The first-order chi connectivity index (χ1) is 5.81. The molecule has 0 aromatic carbocycles. The fourth-order valence-corrected chi connectivity index (χ4v) is 0.903. The highest BCUT2D eigenvalue weighted by Gasteiger charge is 2.02. The number of ether oxygens (including phenoxy) is 1. The van der Waals surface area contributed by atoms with Gasteiger partial charge < -0.3 is 9.84 Å². The summed E-state index contributed by atoms with van der Waals surface area (Å²) in [6.45, 7) is 3.70. The first-order valence-corrected chi connectivity index (χ1v) is 4.28. The van der Waals surface area contributed by atoms with Gasteiger partial charge in [0.1, 0.15) is 6.17 Å². The van der Waals surface area contributed by atoms with E-state index in [2.05, 4.69) is 6.58 Å². The van der Waals surface area contributed by atoms with Crippen LogP contribution in [-0.4, -0.2) is 24.5 Å². The standard InChI is InChI=1S/C9H17FO2/c1-2-12-7-5-3-4-6-9(10)8-11/h2,9,11H,1,3-8H2. The number of hydrogen-bond donors (Lipinski definition) is 1. The van der Waals surface area contributed by atoms with Crippen LogP contribution >= 0.6 is 0 Å². The molecule has 1 unspecified atom stereocenters. The number of rotatable bonds is 8. The van der Waals surface area contributed by atoms with E-state index in [4.69, 9.17) is 9.84 Å². The SMILES string of the molecule is C=COCCCCCC(F)CO. The first kappa shape index (κ1) is 11.4. The molecule has 0 aliphatic rings. The van der Waals surface area contributed by atoms with Crippen molar-refractivity contribution in [3.8, 4) is 0 Å². The van der Waals surface area contributed by atoms with Crippen molar-refractivity contribution in [2.45, 2.75) is 31.9 Å². The molecule has 0 heterocycles. The Morgan fingerprint density at radius 2 is 2.17 bits per heavy atom. The maximum absolute atomic E-state index is 12.4. The Labute approximate surface area is 73.0 Å². The Hall–Kier alpha value is -0.570. The lowest BCUT2D eigenvalue weighted by molar-refractivity contribution is 0.165. The van der Waals surface area contributed by atoms with E-state index in [1.807, 2.05) is 0 Å². The topological polar surface area (TPSA) is 29.5 Å². The summed E-state index contributed by atoms with van der Waals surface area (Å²) in [7, 11) is 0. The zero-order valence-corrected chi connectivity index (χ0v) is 7.34. The van der Waals surface area contributed by atoms with Crippen LogP contribution in [0.3, 0.4) is 0 Å². The highest BCUT2D eigenvalue weighted by molar-refractivity contribution is 4.54. The summed E-state index contributed by atoms with van der Waals surface area (Å²) in [5.74, 6) is 0. The molecule has 0 rings (SSSR count). The van der Waals surface area contributed by atoms with Crippen molar-refractivity contribution in [2.75, 3.05) is 13.2 Å². The van der Waals surface area contributed by atoms with Gasteiger partial charge in [0, 0.05) is 0 Å². The van der Waals surface area contributed by atoms with Gasteiger partial charge in [0.15, 0.2) is 0 Å². The van der Waals surface area contributed by atoms with Crippen molar-refractivity contribution in [1.29, 1.82) is 0 Å². The molecule has 0 aromatic heterocycles. The zero-order chi connectivity index (χ0) is 9.23. The van der Waals surface area contributed by atoms with Crippen LogP contribution in [0.1, 0.15) is 25.7 Å². The van der Waals surface area contributed by atoms with Crippen LogP contribution in [0, 0.1) is 0 Å². The van der Waals surface area contributed by atoms with Crippen molar-refractivity contribution in [2.24, 2.45) is 0 Å². The molecule has 2 nitrogen and oxygen atoms in total. The van der Waals surface area contributed by atoms with E-state index in [0.29, 0.717) is 13.0 Å². The molecular weight excluding hydrogens is 159 g/mol. The number of unbranched alkanes of at least 4 members (excludes halogenated alkanes) is 2. The maximum atomic E-state index is 12.4. The van der Waals surface area contributed by atoms with Crippen LogP contribution < -0.4 is 0 Å². The second kappa shape index (κ2) is 8.53. The minimum absolute atomic E-state index is 0.358. The predicted molar refractivity (Wildman–Crippen MR) is 46.6 cm³/mol. The zero-order valence-electron chi connectivity index (χ0n) is 7.34. The molecule has 1 N–H and O–H groups in total. The van der Waals surface area contributed by atoms with Crippen molar-refractivity contribution in [3.63, 3.8) is 0 Å². The van der Waals surface area contributed by atoms with E-state index in [1.54, 1.807) is 0 Å². The number of alkyl halides is 1. The van der Waals surface area contributed by atoms with Crippen LogP contribution in [0.15, 0.2) is 12.8 Å². The fourth-order valence-electron chi connectivity index (χ4n) is 0.903. The van der Waals surface area contributed by atoms with E-state index < -0.39 is 6.17 Å². The van der Waals surface area contributed by atoms with Crippen LogP contribution in [0.5, 0.6) is 0 Å². The number of aliphatic hydroxyl groups excluding tert-OH is 1. The third-order valence-electron chi connectivity index (χ3n) is 1.60. The summed E-state index contributed by atoms with van der Waals surface area (Å²) in [4.78, 5) is 0. The van der Waals surface area contributed by atoms with Crippen molar-refractivity contribution in [3.05, 3.63) is 12.8 Å². The molecular formula is C9H17FO2. The molecule has 12 heavy (non-hydrogen) atoms. The lowest BCUT2D eigenvalue weighted by atomic mass is 10.1. The summed E-state index contributed by atoms with van der Waals surface area (Å²) in [5, 5.41) is 8.36. The minimum Gasteiger partial charge on any atom is -0.502 e. The predicted octanol–water partition coefficient (Wildman–Crippen LogP) is 2.04. The molecule has 0 aliphatic heterocycles. The van der Waals surface area contributed by atoms with E-state index >= 15 is 0 Å². The highest BCUT2D eigenvalue weighted by atomic mass is 19.1. The molecule has 0 fully saturated rings. The molecule has 0 aromatic rings. The Morgan fingerprint density at radius 3 is 2.75 bits per heavy atom. The van der Waals surface area contributed by atoms with Crippen LogP contribution in [-0.2, 0) is 4.74 Å². The van der Waals surface area contributed by atoms with Crippen LogP contribution in [0.2, 0.25) is 0 Å². The van der Waals surface area contributed by atoms with Crippen molar-refractivity contribution in [1.82, 2.24) is 0 Å². The lowest BCUT2D eigenvalue weighted by Crippen LogP contribution is -2.05. The number of aliphatic hydroxyl groups is 1. The van der Waals surface area contributed by atoms with E-state index in [9.17, 15) is 4.39 Å². The molecule has 0 spiro atoms. The first-order valence-electron chi connectivity index (χ1n) is 4.28. The van der Waals surface area contributed by atoms with Crippen LogP contribution in [0.25, 0.3) is 0 Å². The summed E-state index contributed by atoms with van der Waals surface area (Å²) in [6.07, 6.45) is 3.47. The molecule has 3 heteroatoms. The van der Waals surface area contributed by atoms with Gasteiger partial charge in [0.2, 0.25) is 0 Å². The maximum Gasteiger partial charge on any atom is 0.123 e. The molecule has 72 valence electrons. The normalized spacial score (nSPS) is 12.5. The average molecular weight is 176 g/mol. The van der Waals surface area contributed by atoms with E-state index in [1.165, 1.54) is 6.26 Å². The van der Waals surface area contributed by atoms with Gasteiger partial charge in [-0.15, -0.1) is 0 Å². The highest BCUT2D eigenvalue weighted by Crippen LogP contribution is 2.05. The van der Waals surface area contributed by atoms with Gasteiger partial charge in [0.05, 0.1) is 19.5 Å². The van der Waals surface area contributed by atoms with Gasteiger partial charge in [-0.2, -0.15) is 0 Å². The quantitative estimate of drug-likeness (QED) is 0.453. The Balaban J connectivity index is 2.95. The summed E-state index contributed by atoms with van der Waals surface area (Å²) in [5.41, 5.74) is 0. The lowest BCUT2D eigenvalue weighted by Gasteiger charge is -2.03. The third kappa shape index (κ3) is 7.54. The van der Waals surface area contributed by atoms with Gasteiger partial charge in [0.25, 0.3) is 0 Å². The molecule has 1 atom stereocenters. The molecule has 0 amide bonds. The van der Waals surface area contributed by atoms with Gasteiger partial charge >= 0.3 is 0 Å². The van der Waals surface area contributed by atoms with E-state index in [-0.39, 0.29) is 6.61 Å². The number of halogens is 1. The molecule has 0 aliphatic carbocycles. The summed E-state index contributed by atoms with van der Waals surface area (Å²) < 4.78 is 17.3. The van der Waals surface area contributed by atoms with Crippen LogP contribution in [0.4, 0.5) is 4.39 Å². The van der Waals surface area contributed by atoms with Crippen molar-refractivity contribution < 1.29 is 14.2 Å². The smallest absolute Gasteiger partial charge is 0.123 e.